The zero-order chi connectivity index (χ0) is 15.2. The lowest BCUT2D eigenvalue weighted by Gasteiger charge is -2.19. The highest BCUT2D eigenvalue weighted by atomic mass is 35.5. The number of nitrogens with two attached hydrogens (primary N) is 1. The number of benzene rings is 2. The number of hydrogen-bond donors (Lipinski definition) is 2. The third-order valence-electron chi connectivity index (χ3n) is 3.14. The van der Waals surface area contributed by atoms with Crippen LogP contribution in [0.1, 0.15) is 30.5 Å². The molecule has 0 aromatic heterocycles. The number of ether oxygens (including phenoxy) is 1. The molecule has 0 spiro atoms. The van der Waals surface area contributed by atoms with Crippen LogP contribution >= 0.6 is 11.6 Å². The number of nitrogens with one attached hydrogen (secondary N) is 1. The number of rotatable bonds is 6. The van der Waals surface area contributed by atoms with Crippen LogP contribution in [0.2, 0.25) is 5.02 Å². The van der Waals surface area contributed by atoms with Gasteiger partial charge in [-0.05, 0) is 36.2 Å². The average Bonchev–Trinajstić information content (AvgIpc) is 2.50. The normalized spacial score (nSPS) is 12.2. The van der Waals surface area contributed by atoms with E-state index in [0.717, 1.165) is 17.7 Å². The summed E-state index contributed by atoms with van der Waals surface area (Å²) in [4.78, 5) is 0. The molecule has 21 heavy (non-hydrogen) atoms. The fraction of sp³-hybridized carbons (Fsp3) is 0.250. The van der Waals surface area contributed by atoms with E-state index in [-0.39, 0.29) is 0 Å². The minimum atomic E-state index is -0.515. The van der Waals surface area contributed by atoms with Crippen molar-refractivity contribution in [2.45, 2.75) is 19.4 Å². The zero-order valence-electron chi connectivity index (χ0n) is 11.8. The molecular weight excluding hydrogens is 291 g/mol. The second kappa shape index (κ2) is 7.41. The fourth-order valence-corrected chi connectivity index (χ4v) is 2.38. The molecule has 0 amide bonds. The number of halogens is 2. The summed E-state index contributed by atoms with van der Waals surface area (Å²) in [7, 11) is 0. The van der Waals surface area contributed by atoms with Gasteiger partial charge in [-0.1, -0.05) is 36.7 Å². The first-order valence-corrected chi connectivity index (χ1v) is 7.18. The van der Waals surface area contributed by atoms with Crippen molar-refractivity contribution >= 4 is 11.6 Å². The van der Waals surface area contributed by atoms with Crippen molar-refractivity contribution in [2.75, 3.05) is 6.61 Å². The minimum Gasteiger partial charge on any atom is -0.494 e. The Morgan fingerprint density at radius 3 is 2.52 bits per heavy atom. The smallest absolute Gasteiger partial charge is 0.129 e. The molecule has 2 rings (SSSR count). The van der Waals surface area contributed by atoms with Gasteiger partial charge in [0.1, 0.15) is 11.6 Å². The quantitative estimate of drug-likeness (QED) is 0.630. The molecule has 0 aliphatic heterocycles. The van der Waals surface area contributed by atoms with E-state index in [1.807, 2.05) is 31.2 Å². The van der Waals surface area contributed by atoms with Gasteiger partial charge in [0.2, 0.25) is 0 Å². The molecule has 0 saturated heterocycles. The van der Waals surface area contributed by atoms with Gasteiger partial charge in [0, 0.05) is 10.6 Å². The van der Waals surface area contributed by atoms with Gasteiger partial charge in [0.15, 0.2) is 0 Å². The standard InChI is InChI=1S/C16H18ClFN2O/c1-2-10-21-12-8-6-11(7-9-12)16(20-19)15-13(17)4-3-5-14(15)18/h3-9,16,20H,2,10,19H2,1H3. The Balaban J connectivity index is 2.29. The van der Waals surface area contributed by atoms with Gasteiger partial charge >= 0.3 is 0 Å². The van der Waals surface area contributed by atoms with Crippen LogP contribution in [-0.4, -0.2) is 6.61 Å². The van der Waals surface area contributed by atoms with Gasteiger partial charge < -0.3 is 4.74 Å². The molecule has 0 bridgehead atoms. The predicted molar refractivity (Wildman–Crippen MR) is 82.8 cm³/mol. The zero-order valence-corrected chi connectivity index (χ0v) is 12.5. The van der Waals surface area contributed by atoms with Crippen molar-refractivity contribution in [3.05, 3.63) is 64.4 Å². The molecule has 3 nitrogen and oxygen atoms in total. The molecule has 5 heteroatoms. The van der Waals surface area contributed by atoms with E-state index in [2.05, 4.69) is 5.43 Å². The molecule has 0 radical (unpaired) electrons. The van der Waals surface area contributed by atoms with E-state index in [1.165, 1.54) is 6.07 Å². The van der Waals surface area contributed by atoms with Crippen LogP contribution in [0.15, 0.2) is 42.5 Å². The van der Waals surface area contributed by atoms with E-state index < -0.39 is 11.9 Å². The molecule has 112 valence electrons. The molecular formula is C16H18ClFN2O. The molecule has 2 aromatic rings. The van der Waals surface area contributed by atoms with Crippen LogP contribution in [0.25, 0.3) is 0 Å². The maximum absolute atomic E-state index is 14.0. The first-order chi connectivity index (χ1) is 10.2. The third kappa shape index (κ3) is 3.73. The highest BCUT2D eigenvalue weighted by molar-refractivity contribution is 6.31. The highest BCUT2D eigenvalue weighted by Gasteiger charge is 2.19. The Bertz CT molecular complexity index is 569. The summed E-state index contributed by atoms with van der Waals surface area (Å²) in [6.07, 6.45) is 0.944. The Hall–Kier alpha value is -1.62. The van der Waals surface area contributed by atoms with Crippen molar-refractivity contribution < 1.29 is 9.13 Å². The summed E-state index contributed by atoms with van der Waals surface area (Å²) >= 11 is 6.09. The summed E-state index contributed by atoms with van der Waals surface area (Å²) in [6.45, 7) is 2.71. The molecule has 3 N–H and O–H groups in total. The van der Waals surface area contributed by atoms with Gasteiger partial charge in [-0.15, -0.1) is 0 Å². The van der Waals surface area contributed by atoms with E-state index in [9.17, 15) is 4.39 Å². The number of hydrogen-bond acceptors (Lipinski definition) is 3. The van der Waals surface area contributed by atoms with Crippen molar-refractivity contribution in [2.24, 2.45) is 5.84 Å². The molecule has 1 unspecified atom stereocenters. The molecule has 0 aliphatic carbocycles. The van der Waals surface area contributed by atoms with Crippen molar-refractivity contribution in [3.8, 4) is 5.75 Å². The Labute approximate surface area is 128 Å². The summed E-state index contributed by atoms with van der Waals surface area (Å²) in [5.41, 5.74) is 3.76. The van der Waals surface area contributed by atoms with Gasteiger partial charge in [0.25, 0.3) is 0 Å². The second-order valence-electron chi connectivity index (χ2n) is 4.65. The molecule has 0 aliphatic rings. The SMILES string of the molecule is CCCOc1ccc(C(NN)c2c(F)cccc2Cl)cc1. The minimum absolute atomic E-state index is 0.337. The van der Waals surface area contributed by atoms with Gasteiger partial charge in [-0.2, -0.15) is 0 Å². The molecule has 0 heterocycles. The summed E-state index contributed by atoms with van der Waals surface area (Å²) in [5, 5.41) is 0.337. The van der Waals surface area contributed by atoms with Crippen LogP contribution in [0, 0.1) is 5.82 Å². The van der Waals surface area contributed by atoms with Gasteiger partial charge in [-0.25, -0.2) is 9.82 Å². The fourth-order valence-electron chi connectivity index (χ4n) is 2.11. The first-order valence-electron chi connectivity index (χ1n) is 6.80. The van der Waals surface area contributed by atoms with Crippen LogP contribution in [0.4, 0.5) is 4.39 Å². The van der Waals surface area contributed by atoms with E-state index in [1.54, 1.807) is 12.1 Å². The molecule has 0 saturated carbocycles. The molecule has 1 atom stereocenters. The Morgan fingerprint density at radius 1 is 1.24 bits per heavy atom. The third-order valence-corrected chi connectivity index (χ3v) is 3.47. The Morgan fingerprint density at radius 2 is 1.95 bits per heavy atom. The first kappa shape index (κ1) is 15.8. The van der Waals surface area contributed by atoms with Crippen LogP contribution in [0.5, 0.6) is 5.75 Å². The van der Waals surface area contributed by atoms with Crippen LogP contribution < -0.4 is 16.0 Å². The van der Waals surface area contributed by atoms with Gasteiger partial charge in [0.05, 0.1) is 12.6 Å². The summed E-state index contributed by atoms with van der Waals surface area (Å²) < 4.78 is 19.5. The van der Waals surface area contributed by atoms with Crippen molar-refractivity contribution in [1.82, 2.24) is 5.43 Å². The van der Waals surface area contributed by atoms with E-state index in [0.29, 0.717) is 17.2 Å². The Kier molecular flexibility index (Phi) is 5.56. The maximum atomic E-state index is 14.0. The van der Waals surface area contributed by atoms with E-state index in [4.69, 9.17) is 22.2 Å². The lowest BCUT2D eigenvalue weighted by molar-refractivity contribution is 0.317. The summed E-state index contributed by atoms with van der Waals surface area (Å²) in [6, 6.07) is 11.4. The highest BCUT2D eigenvalue weighted by Crippen LogP contribution is 2.30. The molecule has 2 aromatic carbocycles. The van der Waals surface area contributed by atoms with Crippen LogP contribution in [0.3, 0.4) is 0 Å². The van der Waals surface area contributed by atoms with Gasteiger partial charge in [-0.3, -0.25) is 5.84 Å². The second-order valence-corrected chi connectivity index (χ2v) is 5.06. The largest absolute Gasteiger partial charge is 0.494 e. The van der Waals surface area contributed by atoms with E-state index >= 15 is 0 Å². The number of hydrazine groups is 1. The van der Waals surface area contributed by atoms with Crippen molar-refractivity contribution in [1.29, 1.82) is 0 Å². The molecule has 0 fully saturated rings. The summed E-state index contributed by atoms with van der Waals surface area (Å²) in [5.74, 6) is 5.97. The average molecular weight is 309 g/mol. The predicted octanol–water partition coefficient (Wildman–Crippen LogP) is 3.82. The maximum Gasteiger partial charge on any atom is 0.129 e. The van der Waals surface area contributed by atoms with Crippen molar-refractivity contribution in [3.63, 3.8) is 0 Å². The topological polar surface area (TPSA) is 47.3 Å². The van der Waals surface area contributed by atoms with Crippen LogP contribution in [-0.2, 0) is 0 Å². The lowest BCUT2D eigenvalue weighted by Crippen LogP contribution is -2.29. The monoisotopic (exact) mass is 308 g/mol. The lowest BCUT2D eigenvalue weighted by atomic mass is 9.98.